The van der Waals surface area contributed by atoms with E-state index in [2.05, 4.69) is 40.8 Å². The monoisotopic (exact) mass is 287 g/mol. The van der Waals surface area contributed by atoms with Crippen LogP contribution < -0.4 is 15.5 Å². The van der Waals surface area contributed by atoms with E-state index >= 15 is 0 Å². The van der Waals surface area contributed by atoms with Crippen molar-refractivity contribution >= 4 is 17.5 Å². The third kappa shape index (κ3) is 3.08. The summed E-state index contributed by atoms with van der Waals surface area (Å²) in [5.41, 5.74) is 3.88. The van der Waals surface area contributed by atoms with Crippen LogP contribution in [0.1, 0.15) is 30.4 Å². The highest BCUT2D eigenvalue weighted by Crippen LogP contribution is 2.26. The molecule has 0 saturated carbocycles. The third-order valence-corrected chi connectivity index (χ3v) is 4.29. The van der Waals surface area contributed by atoms with E-state index in [4.69, 9.17) is 0 Å². The van der Waals surface area contributed by atoms with E-state index in [1.165, 1.54) is 23.2 Å². The summed E-state index contributed by atoms with van der Waals surface area (Å²) >= 11 is 0. The molecule has 1 saturated heterocycles. The lowest BCUT2D eigenvalue weighted by Gasteiger charge is -2.28. The van der Waals surface area contributed by atoms with Gasteiger partial charge >= 0.3 is 0 Å². The van der Waals surface area contributed by atoms with Gasteiger partial charge in [-0.3, -0.25) is 14.9 Å². The van der Waals surface area contributed by atoms with Crippen molar-refractivity contribution in [3.8, 4) is 0 Å². The zero-order chi connectivity index (χ0) is 14.8. The van der Waals surface area contributed by atoms with E-state index in [0.29, 0.717) is 19.4 Å². The first-order valence-corrected chi connectivity index (χ1v) is 7.53. The molecule has 0 bridgehead atoms. The molecule has 1 unspecified atom stereocenters. The second kappa shape index (κ2) is 5.85. The zero-order valence-electron chi connectivity index (χ0n) is 12.3. The number of benzene rings is 1. The number of hydrogen-bond acceptors (Lipinski definition) is 4. The van der Waals surface area contributed by atoms with Gasteiger partial charge in [-0.05, 0) is 36.5 Å². The van der Waals surface area contributed by atoms with Crippen LogP contribution in [0.3, 0.4) is 0 Å². The van der Waals surface area contributed by atoms with Crippen LogP contribution in [0, 0.1) is 0 Å². The average molecular weight is 287 g/mol. The number of aryl methyl sites for hydroxylation is 1. The quantitative estimate of drug-likeness (QED) is 0.813. The third-order valence-electron chi connectivity index (χ3n) is 4.29. The van der Waals surface area contributed by atoms with Crippen molar-refractivity contribution in [2.24, 2.45) is 0 Å². The number of fused-ring (bicyclic) bond motifs is 1. The van der Waals surface area contributed by atoms with Crippen molar-refractivity contribution in [1.82, 2.24) is 10.6 Å². The SMILES string of the molecule is CN1CCCc2cc(CNC3CCC(=O)NC3=O)ccc21. The molecule has 2 N–H and O–H groups in total. The molecule has 0 spiro atoms. The summed E-state index contributed by atoms with van der Waals surface area (Å²) < 4.78 is 0. The number of rotatable bonds is 3. The van der Waals surface area contributed by atoms with Crippen molar-refractivity contribution in [2.75, 3.05) is 18.5 Å². The molecule has 2 heterocycles. The van der Waals surface area contributed by atoms with E-state index in [9.17, 15) is 9.59 Å². The summed E-state index contributed by atoms with van der Waals surface area (Å²) in [6, 6.07) is 6.24. The highest BCUT2D eigenvalue weighted by Gasteiger charge is 2.25. The number of anilines is 1. The molecular weight excluding hydrogens is 266 g/mol. The Labute approximate surface area is 124 Å². The fourth-order valence-corrected chi connectivity index (χ4v) is 3.08. The van der Waals surface area contributed by atoms with Crippen molar-refractivity contribution in [3.63, 3.8) is 0 Å². The minimum atomic E-state index is -0.263. The van der Waals surface area contributed by atoms with Gasteiger partial charge in [0.25, 0.3) is 0 Å². The van der Waals surface area contributed by atoms with Crippen LogP contribution in [0.15, 0.2) is 18.2 Å². The van der Waals surface area contributed by atoms with Crippen LogP contribution in [0.4, 0.5) is 5.69 Å². The van der Waals surface area contributed by atoms with E-state index in [1.807, 2.05) is 0 Å². The fourth-order valence-electron chi connectivity index (χ4n) is 3.08. The van der Waals surface area contributed by atoms with Gasteiger partial charge in [-0.2, -0.15) is 0 Å². The zero-order valence-corrected chi connectivity index (χ0v) is 12.3. The molecule has 5 nitrogen and oxygen atoms in total. The average Bonchev–Trinajstić information content (AvgIpc) is 2.46. The number of carbonyl (C=O) groups excluding carboxylic acids is 2. The van der Waals surface area contributed by atoms with E-state index in [1.54, 1.807) is 0 Å². The summed E-state index contributed by atoms with van der Waals surface area (Å²) in [6.07, 6.45) is 3.30. The summed E-state index contributed by atoms with van der Waals surface area (Å²) in [4.78, 5) is 25.1. The highest BCUT2D eigenvalue weighted by molar-refractivity contribution is 6.00. The number of nitrogens with zero attached hydrogens (tertiary/aromatic N) is 1. The maximum Gasteiger partial charge on any atom is 0.243 e. The van der Waals surface area contributed by atoms with Crippen LogP contribution >= 0.6 is 0 Å². The molecule has 5 heteroatoms. The molecule has 0 aromatic heterocycles. The van der Waals surface area contributed by atoms with Crippen LogP contribution in [0.25, 0.3) is 0 Å². The van der Waals surface area contributed by atoms with Gasteiger partial charge in [0.1, 0.15) is 0 Å². The lowest BCUT2D eigenvalue weighted by atomic mass is 9.99. The van der Waals surface area contributed by atoms with Crippen molar-refractivity contribution in [3.05, 3.63) is 29.3 Å². The Morgan fingerprint density at radius 2 is 2.19 bits per heavy atom. The molecular formula is C16H21N3O2. The first-order valence-electron chi connectivity index (χ1n) is 7.53. The van der Waals surface area contributed by atoms with Gasteiger partial charge in [0.05, 0.1) is 6.04 Å². The molecule has 0 radical (unpaired) electrons. The van der Waals surface area contributed by atoms with Gasteiger partial charge in [-0.25, -0.2) is 0 Å². The van der Waals surface area contributed by atoms with Crippen LogP contribution in [-0.2, 0) is 22.6 Å². The minimum Gasteiger partial charge on any atom is -0.374 e. The number of carbonyl (C=O) groups is 2. The Morgan fingerprint density at radius 1 is 1.33 bits per heavy atom. The molecule has 112 valence electrons. The Kier molecular flexibility index (Phi) is 3.92. The largest absolute Gasteiger partial charge is 0.374 e. The Balaban J connectivity index is 1.63. The summed E-state index contributed by atoms with van der Waals surface area (Å²) in [5, 5.41) is 5.62. The Bertz CT molecular complexity index is 571. The number of nitrogens with one attached hydrogen (secondary N) is 2. The molecule has 1 aromatic carbocycles. The van der Waals surface area contributed by atoms with Crippen molar-refractivity contribution in [2.45, 2.75) is 38.3 Å². The molecule has 3 rings (SSSR count). The molecule has 2 amide bonds. The molecule has 1 aromatic rings. The van der Waals surface area contributed by atoms with Crippen molar-refractivity contribution < 1.29 is 9.59 Å². The normalized spacial score (nSPS) is 22.0. The summed E-state index contributed by atoms with van der Waals surface area (Å²) in [7, 11) is 2.12. The molecule has 1 atom stereocenters. The second-order valence-corrected chi connectivity index (χ2v) is 5.87. The fraction of sp³-hybridized carbons (Fsp3) is 0.500. The van der Waals surface area contributed by atoms with Crippen LogP contribution in [0.2, 0.25) is 0 Å². The van der Waals surface area contributed by atoms with E-state index in [0.717, 1.165) is 13.0 Å². The minimum absolute atomic E-state index is 0.171. The molecule has 0 aliphatic carbocycles. The number of amides is 2. The van der Waals surface area contributed by atoms with Gasteiger partial charge in [-0.1, -0.05) is 12.1 Å². The van der Waals surface area contributed by atoms with Crippen LogP contribution in [-0.4, -0.2) is 31.4 Å². The maximum absolute atomic E-state index is 11.7. The molecule has 21 heavy (non-hydrogen) atoms. The Hall–Kier alpha value is -1.88. The molecule has 2 aliphatic heterocycles. The highest BCUT2D eigenvalue weighted by atomic mass is 16.2. The number of piperidine rings is 1. The predicted octanol–water partition coefficient (Wildman–Crippen LogP) is 0.964. The molecule has 1 fully saturated rings. The maximum atomic E-state index is 11.7. The standard InChI is InChI=1S/C16H21N3O2/c1-19-8-2-3-12-9-11(4-6-14(12)19)10-17-13-5-7-15(20)18-16(13)21/h4,6,9,13,17H,2-3,5,7-8,10H2,1H3,(H,18,20,21). The molecule has 2 aliphatic rings. The first kappa shape index (κ1) is 14.1. The van der Waals surface area contributed by atoms with E-state index < -0.39 is 0 Å². The Morgan fingerprint density at radius 3 is 3.00 bits per heavy atom. The lowest BCUT2D eigenvalue weighted by molar-refractivity contribution is -0.134. The predicted molar refractivity (Wildman–Crippen MR) is 81.0 cm³/mol. The van der Waals surface area contributed by atoms with Gasteiger partial charge in [-0.15, -0.1) is 0 Å². The summed E-state index contributed by atoms with van der Waals surface area (Å²) in [5.74, 6) is -0.376. The van der Waals surface area contributed by atoms with Gasteiger partial charge in [0.15, 0.2) is 0 Å². The topological polar surface area (TPSA) is 61.4 Å². The smallest absolute Gasteiger partial charge is 0.243 e. The van der Waals surface area contributed by atoms with Gasteiger partial charge in [0.2, 0.25) is 11.8 Å². The second-order valence-electron chi connectivity index (χ2n) is 5.87. The lowest BCUT2D eigenvalue weighted by Crippen LogP contribution is -2.50. The first-order chi connectivity index (χ1) is 10.1. The van der Waals surface area contributed by atoms with Gasteiger partial charge < -0.3 is 10.2 Å². The van der Waals surface area contributed by atoms with Gasteiger partial charge in [0, 0.05) is 32.2 Å². The van der Waals surface area contributed by atoms with E-state index in [-0.39, 0.29) is 17.9 Å². The summed E-state index contributed by atoms with van der Waals surface area (Å²) in [6.45, 7) is 1.77. The van der Waals surface area contributed by atoms with Crippen LogP contribution in [0.5, 0.6) is 0 Å². The number of hydrogen-bond donors (Lipinski definition) is 2. The van der Waals surface area contributed by atoms with Crippen molar-refractivity contribution in [1.29, 1.82) is 0 Å². The number of imide groups is 1.